The molecule has 1 fully saturated rings. The molecule has 0 radical (unpaired) electrons. The third-order valence-corrected chi connectivity index (χ3v) is 3.78. The fraction of sp³-hybridized carbons (Fsp3) is 0.333. The fourth-order valence-corrected chi connectivity index (χ4v) is 2.96. The Labute approximate surface area is 101 Å². The highest BCUT2D eigenvalue weighted by atomic mass is 35.5. The first-order valence-electron chi connectivity index (χ1n) is 4.74. The largest absolute Gasteiger partial charge is 0.272 e. The van der Waals surface area contributed by atoms with Gasteiger partial charge in [-0.05, 0) is 12.1 Å². The normalized spacial score (nSPS) is 23.6. The van der Waals surface area contributed by atoms with Crippen molar-refractivity contribution in [3.8, 4) is 0 Å². The summed E-state index contributed by atoms with van der Waals surface area (Å²) in [5.74, 6) is 1.99. The molecule has 0 N–H and O–H groups in total. The molecule has 82 valence electrons. The van der Waals surface area contributed by atoms with Crippen LogP contribution < -0.4 is 5.01 Å². The number of rotatable bonds is 1. The lowest BCUT2D eigenvalue weighted by Crippen LogP contribution is -2.27. The van der Waals surface area contributed by atoms with Gasteiger partial charge in [0.2, 0.25) is 0 Å². The van der Waals surface area contributed by atoms with Gasteiger partial charge in [0, 0.05) is 11.5 Å². The summed E-state index contributed by atoms with van der Waals surface area (Å²) in [5.41, 5.74) is 0.937. The third kappa shape index (κ3) is 1.49. The molecule has 16 heavy (non-hydrogen) atoms. The molecule has 0 saturated carbocycles. The van der Waals surface area contributed by atoms with Gasteiger partial charge in [0.05, 0.1) is 11.6 Å². The number of halogens is 1. The summed E-state index contributed by atoms with van der Waals surface area (Å²) >= 11 is 7.37. The van der Waals surface area contributed by atoms with Crippen molar-refractivity contribution in [3.63, 3.8) is 0 Å². The lowest BCUT2D eigenvalue weighted by molar-refractivity contribution is -0.119. The van der Waals surface area contributed by atoms with E-state index in [1.165, 1.54) is 5.01 Å². The minimum atomic E-state index is -0.0671. The molecular weight excluding hydrogens is 248 g/mol. The van der Waals surface area contributed by atoms with E-state index in [2.05, 4.69) is 15.3 Å². The number of carbonyl (C=O) groups is 1. The first-order valence-corrected chi connectivity index (χ1v) is 6.27. The van der Waals surface area contributed by atoms with Gasteiger partial charge in [-0.1, -0.05) is 11.6 Å². The van der Waals surface area contributed by atoms with Crippen LogP contribution in [0.25, 0.3) is 0 Å². The van der Waals surface area contributed by atoms with Crippen LogP contribution in [0, 0.1) is 5.92 Å². The van der Waals surface area contributed by atoms with Crippen molar-refractivity contribution < 1.29 is 4.79 Å². The predicted octanol–water partition coefficient (Wildman–Crippen LogP) is 1.20. The van der Waals surface area contributed by atoms with Gasteiger partial charge in [0.25, 0.3) is 5.91 Å². The van der Waals surface area contributed by atoms with E-state index < -0.39 is 0 Å². The molecule has 1 aromatic rings. The SMILES string of the molecule is O=C1C2CSCC2=NN1c1ccc(Cl)nn1. The van der Waals surface area contributed by atoms with Gasteiger partial charge in [-0.25, -0.2) is 0 Å². The van der Waals surface area contributed by atoms with E-state index >= 15 is 0 Å². The van der Waals surface area contributed by atoms with E-state index in [-0.39, 0.29) is 11.8 Å². The summed E-state index contributed by atoms with van der Waals surface area (Å²) in [6.07, 6.45) is 0. The number of hydrogen-bond donors (Lipinski definition) is 0. The fourth-order valence-electron chi connectivity index (χ4n) is 1.70. The summed E-state index contributed by atoms with van der Waals surface area (Å²) in [6, 6.07) is 3.24. The first kappa shape index (κ1) is 10.0. The zero-order valence-corrected chi connectivity index (χ0v) is 9.70. The standard InChI is InChI=1S/C9H7ClN4OS/c10-7-1-2-8(12-11-7)14-9(15)5-3-16-4-6(5)13-14/h1-2,5H,3-4H2. The van der Waals surface area contributed by atoms with Crippen LogP contribution in [-0.2, 0) is 4.79 Å². The maximum atomic E-state index is 12.0. The van der Waals surface area contributed by atoms with Crippen LogP contribution in [0.2, 0.25) is 5.15 Å². The van der Waals surface area contributed by atoms with E-state index in [1.807, 2.05) is 0 Å². The molecule has 5 nitrogen and oxygen atoms in total. The number of nitrogens with zero attached hydrogens (tertiary/aromatic N) is 4. The topological polar surface area (TPSA) is 58.5 Å². The summed E-state index contributed by atoms with van der Waals surface area (Å²) in [4.78, 5) is 12.0. The second kappa shape index (κ2) is 3.71. The smallest absolute Gasteiger partial charge is 0.258 e. The Morgan fingerprint density at radius 1 is 1.44 bits per heavy atom. The van der Waals surface area contributed by atoms with Gasteiger partial charge in [-0.2, -0.15) is 21.9 Å². The van der Waals surface area contributed by atoms with E-state index in [4.69, 9.17) is 11.6 Å². The molecule has 3 rings (SSSR count). The van der Waals surface area contributed by atoms with Crippen LogP contribution in [-0.4, -0.2) is 33.3 Å². The van der Waals surface area contributed by atoms with Gasteiger partial charge < -0.3 is 0 Å². The highest BCUT2D eigenvalue weighted by Gasteiger charge is 2.40. The van der Waals surface area contributed by atoms with Crippen LogP contribution in [0.3, 0.4) is 0 Å². The second-order valence-electron chi connectivity index (χ2n) is 3.52. The van der Waals surface area contributed by atoms with Crippen LogP contribution >= 0.6 is 23.4 Å². The molecule has 7 heteroatoms. The number of hydrazone groups is 1. The van der Waals surface area contributed by atoms with Crippen molar-refractivity contribution in [2.45, 2.75) is 0 Å². The third-order valence-electron chi connectivity index (χ3n) is 2.51. The minimum Gasteiger partial charge on any atom is -0.272 e. The van der Waals surface area contributed by atoms with Crippen molar-refractivity contribution in [2.24, 2.45) is 11.0 Å². The quantitative estimate of drug-likeness (QED) is 0.756. The number of amides is 1. The molecule has 3 heterocycles. The molecule has 2 aliphatic heterocycles. The van der Waals surface area contributed by atoms with Crippen LogP contribution in [0.15, 0.2) is 17.2 Å². The number of fused-ring (bicyclic) bond motifs is 1. The lowest BCUT2D eigenvalue weighted by atomic mass is 10.1. The van der Waals surface area contributed by atoms with E-state index in [0.717, 1.165) is 17.2 Å². The lowest BCUT2D eigenvalue weighted by Gasteiger charge is -2.11. The molecule has 1 aromatic heterocycles. The highest BCUT2D eigenvalue weighted by molar-refractivity contribution is 8.00. The molecule has 1 amide bonds. The number of aromatic nitrogens is 2. The van der Waals surface area contributed by atoms with Crippen LogP contribution in [0.4, 0.5) is 5.82 Å². The van der Waals surface area contributed by atoms with E-state index in [1.54, 1.807) is 23.9 Å². The van der Waals surface area contributed by atoms with Crippen molar-refractivity contribution in [1.29, 1.82) is 0 Å². The maximum absolute atomic E-state index is 12.0. The Morgan fingerprint density at radius 2 is 2.31 bits per heavy atom. The number of anilines is 1. The Hall–Kier alpha value is -1.14. The molecule has 1 saturated heterocycles. The Balaban J connectivity index is 1.94. The van der Waals surface area contributed by atoms with Crippen molar-refractivity contribution in [1.82, 2.24) is 10.2 Å². The van der Waals surface area contributed by atoms with Crippen molar-refractivity contribution in [3.05, 3.63) is 17.3 Å². The zero-order valence-electron chi connectivity index (χ0n) is 8.13. The Kier molecular flexibility index (Phi) is 2.33. The van der Waals surface area contributed by atoms with Crippen molar-refractivity contribution in [2.75, 3.05) is 16.5 Å². The average molecular weight is 255 g/mol. The van der Waals surface area contributed by atoms with Gasteiger partial charge in [0.1, 0.15) is 0 Å². The van der Waals surface area contributed by atoms with Gasteiger partial charge in [-0.3, -0.25) is 4.79 Å². The van der Waals surface area contributed by atoms with E-state index in [9.17, 15) is 4.79 Å². The first-order chi connectivity index (χ1) is 7.75. The molecule has 1 unspecified atom stereocenters. The molecular formula is C9H7ClN4OS. The Bertz CT molecular complexity index is 475. The van der Waals surface area contributed by atoms with Gasteiger partial charge in [0.15, 0.2) is 11.0 Å². The molecule has 0 aliphatic carbocycles. The summed E-state index contributed by atoms with van der Waals surface area (Å²) in [6.45, 7) is 0. The average Bonchev–Trinajstić information content (AvgIpc) is 2.84. The summed E-state index contributed by atoms with van der Waals surface area (Å²) < 4.78 is 0. The zero-order chi connectivity index (χ0) is 11.1. The van der Waals surface area contributed by atoms with Gasteiger partial charge >= 0.3 is 0 Å². The number of thioether (sulfide) groups is 1. The summed E-state index contributed by atoms with van der Waals surface area (Å²) in [5, 5.41) is 13.4. The van der Waals surface area contributed by atoms with Crippen molar-refractivity contribution >= 4 is 40.8 Å². The van der Waals surface area contributed by atoms with Gasteiger partial charge in [-0.15, -0.1) is 10.2 Å². The molecule has 0 aromatic carbocycles. The molecule has 1 atom stereocenters. The number of carbonyl (C=O) groups excluding carboxylic acids is 1. The molecule has 0 spiro atoms. The Morgan fingerprint density at radius 3 is 3.00 bits per heavy atom. The second-order valence-corrected chi connectivity index (χ2v) is 4.94. The predicted molar refractivity (Wildman–Crippen MR) is 62.8 cm³/mol. The molecule has 0 bridgehead atoms. The number of hydrogen-bond acceptors (Lipinski definition) is 5. The monoisotopic (exact) mass is 254 g/mol. The maximum Gasteiger partial charge on any atom is 0.258 e. The van der Waals surface area contributed by atoms with Crippen LogP contribution in [0.5, 0.6) is 0 Å². The summed E-state index contributed by atoms with van der Waals surface area (Å²) in [7, 11) is 0. The highest BCUT2D eigenvalue weighted by Crippen LogP contribution is 2.30. The molecule has 2 aliphatic rings. The van der Waals surface area contributed by atoms with Crippen LogP contribution in [0.1, 0.15) is 0 Å². The minimum absolute atomic E-state index is 0.0170. The van der Waals surface area contributed by atoms with E-state index in [0.29, 0.717) is 11.0 Å².